The molecule has 0 fully saturated rings. The molecule has 0 spiro atoms. The van der Waals surface area contributed by atoms with E-state index >= 15 is 0 Å². The third-order valence-electron chi connectivity index (χ3n) is 3.58. The summed E-state index contributed by atoms with van der Waals surface area (Å²) in [7, 11) is 0. The van der Waals surface area contributed by atoms with Crippen molar-refractivity contribution in [3.8, 4) is 0 Å². The summed E-state index contributed by atoms with van der Waals surface area (Å²) in [6.45, 7) is -0.144. The molecule has 6 heteroatoms. The molecule has 3 aromatic rings. The molecule has 0 saturated heterocycles. The zero-order valence-electron chi connectivity index (χ0n) is 13.9. The highest BCUT2D eigenvalue weighted by molar-refractivity contribution is 7.08. The van der Waals surface area contributed by atoms with Gasteiger partial charge in [0.05, 0.1) is 12.3 Å². The Morgan fingerprint density at radius 1 is 0.846 bits per heavy atom. The second-order valence-corrected chi connectivity index (χ2v) is 6.20. The van der Waals surface area contributed by atoms with E-state index in [4.69, 9.17) is 0 Å². The summed E-state index contributed by atoms with van der Waals surface area (Å²) in [6.07, 6.45) is 0. The highest BCUT2D eigenvalue weighted by atomic mass is 32.1. The van der Waals surface area contributed by atoms with Crippen LogP contribution in [0.2, 0.25) is 0 Å². The summed E-state index contributed by atoms with van der Waals surface area (Å²) in [5.74, 6) is -0.672. The van der Waals surface area contributed by atoms with Gasteiger partial charge in [0.15, 0.2) is 0 Å². The molecule has 0 aliphatic heterocycles. The first-order valence-electron chi connectivity index (χ1n) is 8.02. The lowest BCUT2D eigenvalue weighted by atomic mass is 10.0. The molecule has 0 unspecified atom stereocenters. The van der Waals surface area contributed by atoms with Gasteiger partial charge in [-0.1, -0.05) is 60.7 Å². The van der Waals surface area contributed by atoms with Crippen molar-refractivity contribution in [3.63, 3.8) is 0 Å². The van der Waals surface area contributed by atoms with E-state index in [0.717, 1.165) is 11.1 Å². The summed E-state index contributed by atoms with van der Waals surface area (Å²) >= 11 is 1.43. The molecule has 1 aromatic heterocycles. The Balaban J connectivity index is 1.68. The molecule has 2 amide bonds. The molecule has 0 saturated carbocycles. The van der Waals surface area contributed by atoms with Crippen LogP contribution in [-0.4, -0.2) is 24.1 Å². The van der Waals surface area contributed by atoms with Gasteiger partial charge in [-0.3, -0.25) is 9.59 Å². The summed E-state index contributed by atoms with van der Waals surface area (Å²) in [5.41, 5.74) is 5.50. The van der Waals surface area contributed by atoms with Crippen LogP contribution in [0.3, 0.4) is 0 Å². The van der Waals surface area contributed by atoms with Crippen LogP contribution in [0, 0.1) is 0 Å². The van der Waals surface area contributed by atoms with E-state index in [1.165, 1.54) is 11.3 Å². The fourth-order valence-electron chi connectivity index (χ4n) is 2.30. The van der Waals surface area contributed by atoms with Crippen molar-refractivity contribution in [1.29, 1.82) is 0 Å². The molecule has 1 heterocycles. The summed E-state index contributed by atoms with van der Waals surface area (Å²) in [5, 5.41) is 10.4. The quantitative estimate of drug-likeness (QED) is 0.522. The molecular formula is C20H17N3O2S. The van der Waals surface area contributed by atoms with Gasteiger partial charge in [0.25, 0.3) is 11.8 Å². The Morgan fingerprint density at radius 2 is 1.46 bits per heavy atom. The van der Waals surface area contributed by atoms with Gasteiger partial charge < -0.3 is 5.32 Å². The second kappa shape index (κ2) is 8.73. The Kier molecular flexibility index (Phi) is 5.90. The number of carbonyl (C=O) groups is 2. The Labute approximate surface area is 155 Å². The van der Waals surface area contributed by atoms with Gasteiger partial charge in [-0.2, -0.15) is 16.4 Å². The summed E-state index contributed by atoms with van der Waals surface area (Å²) < 4.78 is 0. The molecule has 0 atom stereocenters. The molecular weight excluding hydrogens is 346 g/mol. The molecule has 2 N–H and O–H groups in total. The van der Waals surface area contributed by atoms with Crippen LogP contribution in [0.25, 0.3) is 0 Å². The number of carbonyl (C=O) groups excluding carboxylic acids is 2. The number of rotatable bonds is 6. The van der Waals surface area contributed by atoms with E-state index in [0.29, 0.717) is 11.3 Å². The van der Waals surface area contributed by atoms with E-state index in [1.807, 2.05) is 66.0 Å². The molecule has 3 rings (SSSR count). The van der Waals surface area contributed by atoms with Crippen LogP contribution in [-0.2, 0) is 4.79 Å². The Morgan fingerprint density at radius 3 is 2.00 bits per heavy atom. The molecule has 130 valence electrons. The maximum Gasteiger partial charge on any atom is 0.259 e. The number of hydrogen-bond donors (Lipinski definition) is 2. The highest BCUT2D eigenvalue weighted by Gasteiger charge is 2.10. The fourth-order valence-corrected chi connectivity index (χ4v) is 2.94. The third kappa shape index (κ3) is 4.64. The van der Waals surface area contributed by atoms with Crippen molar-refractivity contribution < 1.29 is 9.59 Å². The number of hydrazone groups is 1. The average Bonchev–Trinajstić information content (AvgIpc) is 3.23. The predicted molar refractivity (Wildman–Crippen MR) is 103 cm³/mol. The molecule has 0 aliphatic rings. The van der Waals surface area contributed by atoms with Gasteiger partial charge in [0, 0.05) is 22.1 Å². The van der Waals surface area contributed by atoms with E-state index < -0.39 is 5.91 Å². The minimum absolute atomic E-state index is 0.144. The summed E-state index contributed by atoms with van der Waals surface area (Å²) in [6, 6.07) is 20.9. The molecule has 26 heavy (non-hydrogen) atoms. The lowest BCUT2D eigenvalue weighted by Gasteiger charge is -2.08. The maximum absolute atomic E-state index is 12.1. The first-order valence-corrected chi connectivity index (χ1v) is 8.96. The number of benzene rings is 2. The standard InChI is InChI=1S/C20H17N3O2S/c24-18(13-21-20(25)17-11-12-26-14-17)22-23-19(15-7-3-1-4-8-15)16-9-5-2-6-10-16/h1-12,14H,13H2,(H,21,25)(H,22,24). The van der Waals surface area contributed by atoms with Gasteiger partial charge in [0.2, 0.25) is 0 Å². The van der Waals surface area contributed by atoms with Crippen LogP contribution < -0.4 is 10.7 Å². The van der Waals surface area contributed by atoms with E-state index in [2.05, 4.69) is 15.8 Å². The molecule has 0 radical (unpaired) electrons. The minimum atomic E-state index is -0.391. The lowest BCUT2D eigenvalue weighted by Crippen LogP contribution is -2.35. The lowest BCUT2D eigenvalue weighted by molar-refractivity contribution is -0.120. The normalized spacial score (nSPS) is 10.0. The van der Waals surface area contributed by atoms with Crippen molar-refractivity contribution in [2.45, 2.75) is 0 Å². The zero-order valence-corrected chi connectivity index (χ0v) is 14.7. The van der Waals surface area contributed by atoms with Gasteiger partial charge in [0.1, 0.15) is 0 Å². The van der Waals surface area contributed by atoms with Crippen LogP contribution in [0.15, 0.2) is 82.6 Å². The Hall–Kier alpha value is -3.25. The van der Waals surface area contributed by atoms with Crippen molar-refractivity contribution >= 4 is 28.9 Å². The Bertz CT molecular complexity index is 850. The first kappa shape index (κ1) is 17.6. The van der Waals surface area contributed by atoms with Gasteiger partial charge in [-0.25, -0.2) is 5.43 Å². The summed E-state index contributed by atoms with van der Waals surface area (Å²) in [4.78, 5) is 23.9. The zero-order chi connectivity index (χ0) is 18.2. The van der Waals surface area contributed by atoms with Crippen LogP contribution in [0.5, 0.6) is 0 Å². The second-order valence-electron chi connectivity index (χ2n) is 5.42. The maximum atomic E-state index is 12.1. The number of hydrogen-bond acceptors (Lipinski definition) is 4. The van der Waals surface area contributed by atoms with Gasteiger partial charge in [-0.05, 0) is 11.4 Å². The number of nitrogens with one attached hydrogen (secondary N) is 2. The minimum Gasteiger partial charge on any atom is -0.343 e. The SMILES string of the molecule is O=C(CNC(=O)c1ccsc1)NN=C(c1ccccc1)c1ccccc1. The third-order valence-corrected chi connectivity index (χ3v) is 4.26. The molecule has 0 aliphatic carbocycles. The predicted octanol–water partition coefficient (Wildman–Crippen LogP) is 3.05. The average molecular weight is 363 g/mol. The van der Waals surface area contributed by atoms with E-state index in [9.17, 15) is 9.59 Å². The van der Waals surface area contributed by atoms with Crippen LogP contribution in [0.4, 0.5) is 0 Å². The van der Waals surface area contributed by atoms with Crippen LogP contribution in [0.1, 0.15) is 21.5 Å². The van der Waals surface area contributed by atoms with E-state index in [1.54, 1.807) is 11.4 Å². The van der Waals surface area contributed by atoms with Gasteiger partial charge >= 0.3 is 0 Å². The van der Waals surface area contributed by atoms with Crippen molar-refractivity contribution in [2.75, 3.05) is 6.54 Å². The number of thiophene rings is 1. The monoisotopic (exact) mass is 363 g/mol. The fraction of sp³-hybridized carbons (Fsp3) is 0.0500. The topological polar surface area (TPSA) is 70.6 Å². The van der Waals surface area contributed by atoms with Crippen LogP contribution >= 0.6 is 11.3 Å². The molecule has 2 aromatic carbocycles. The first-order chi connectivity index (χ1) is 12.7. The van der Waals surface area contributed by atoms with Crippen molar-refractivity contribution in [1.82, 2.24) is 10.7 Å². The van der Waals surface area contributed by atoms with Gasteiger partial charge in [-0.15, -0.1) is 0 Å². The molecule has 0 bridgehead atoms. The van der Waals surface area contributed by atoms with Crippen molar-refractivity contribution in [3.05, 3.63) is 94.2 Å². The molecule has 5 nitrogen and oxygen atoms in total. The highest BCUT2D eigenvalue weighted by Crippen LogP contribution is 2.10. The number of nitrogens with zero attached hydrogens (tertiary/aromatic N) is 1. The smallest absolute Gasteiger partial charge is 0.259 e. The van der Waals surface area contributed by atoms with Crippen molar-refractivity contribution in [2.24, 2.45) is 5.10 Å². The van der Waals surface area contributed by atoms with E-state index in [-0.39, 0.29) is 12.5 Å². The number of amides is 2. The largest absolute Gasteiger partial charge is 0.343 e.